The molecule has 0 radical (unpaired) electrons. The Kier molecular flexibility index (Phi) is 4.16. The number of amides is 1. The van der Waals surface area contributed by atoms with E-state index < -0.39 is 0 Å². The summed E-state index contributed by atoms with van der Waals surface area (Å²) < 4.78 is 0. The van der Waals surface area contributed by atoms with Crippen LogP contribution in [0.15, 0.2) is 24.3 Å². The maximum Gasteiger partial charge on any atom is 0.253 e. The average molecular weight is 234 g/mol. The van der Waals surface area contributed by atoms with Crippen molar-refractivity contribution < 1.29 is 4.79 Å². The number of nitrogen functional groups attached to an aromatic ring is 1. The second kappa shape index (κ2) is 5.21. The van der Waals surface area contributed by atoms with E-state index in [2.05, 4.69) is 20.8 Å². The number of hydrogen-bond donors (Lipinski definition) is 1. The number of benzene rings is 1. The smallest absolute Gasteiger partial charge is 0.253 e. The zero-order valence-corrected chi connectivity index (χ0v) is 11.2. The zero-order valence-electron chi connectivity index (χ0n) is 11.2. The van der Waals surface area contributed by atoms with Crippen molar-refractivity contribution in [2.45, 2.75) is 27.2 Å². The molecular weight excluding hydrogens is 212 g/mol. The van der Waals surface area contributed by atoms with Gasteiger partial charge in [-0.15, -0.1) is 0 Å². The summed E-state index contributed by atoms with van der Waals surface area (Å²) in [6.07, 6.45) is 0.990. The first kappa shape index (κ1) is 13.6. The fourth-order valence-electron chi connectivity index (χ4n) is 1.45. The van der Waals surface area contributed by atoms with Crippen LogP contribution < -0.4 is 5.73 Å². The van der Waals surface area contributed by atoms with Crippen LogP contribution in [0.2, 0.25) is 0 Å². The Labute approximate surface area is 104 Å². The molecule has 0 saturated heterocycles. The molecule has 2 N–H and O–H groups in total. The average Bonchev–Trinajstić information content (AvgIpc) is 2.25. The van der Waals surface area contributed by atoms with E-state index in [9.17, 15) is 4.79 Å². The summed E-state index contributed by atoms with van der Waals surface area (Å²) in [7, 11) is 1.84. The summed E-state index contributed by atoms with van der Waals surface area (Å²) in [5.74, 6) is 0.0502. The minimum Gasteiger partial charge on any atom is -0.399 e. The Hall–Kier alpha value is -1.51. The largest absolute Gasteiger partial charge is 0.399 e. The molecule has 0 aromatic heterocycles. The van der Waals surface area contributed by atoms with E-state index in [-0.39, 0.29) is 11.3 Å². The quantitative estimate of drug-likeness (QED) is 0.817. The fraction of sp³-hybridized carbons (Fsp3) is 0.500. The van der Waals surface area contributed by atoms with Crippen LogP contribution in [0.3, 0.4) is 0 Å². The van der Waals surface area contributed by atoms with Gasteiger partial charge in [0.2, 0.25) is 0 Å². The van der Waals surface area contributed by atoms with Gasteiger partial charge in [0.1, 0.15) is 0 Å². The van der Waals surface area contributed by atoms with Gasteiger partial charge in [-0.3, -0.25) is 4.79 Å². The van der Waals surface area contributed by atoms with Gasteiger partial charge in [0.15, 0.2) is 0 Å². The minimum absolute atomic E-state index is 0.0502. The molecule has 17 heavy (non-hydrogen) atoms. The second-order valence-electron chi connectivity index (χ2n) is 5.66. The minimum atomic E-state index is 0.0502. The molecule has 0 spiro atoms. The van der Waals surface area contributed by atoms with Gasteiger partial charge in [-0.05, 0) is 36.1 Å². The molecule has 1 aromatic carbocycles. The number of anilines is 1. The van der Waals surface area contributed by atoms with Crippen LogP contribution in [0, 0.1) is 5.41 Å². The first-order chi connectivity index (χ1) is 7.79. The van der Waals surface area contributed by atoms with E-state index in [0.717, 1.165) is 13.0 Å². The number of carbonyl (C=O) groups is 1. The van der Waals surface area contributed by atoms with E-state index in [1.807, 2.05) is 7.05 Å². The number of carbonyl (C=O) groups excluding carboxylic acids is 1. The van der Waals surface area contributed by atoms with Crippen molar-refractivity contribution >= 4 is 11.6 Å². The lowest BCUT2D eigenvalue weighted by Gasteiger charge is -2.23. The van der Waals surface area contributed by atoms with Crippen LogP contribution in [0.5, 0.6) is 0 Å². The summed E-state index contributed by atoms with van der Waals surface area (Å²) in [6, 6.07) is 7.05. The van der Waals surface area contributed by atoms with E-state index >= 15 is 0 Å². The van der Waals surface area contributed by atoms with Gasteiger partial charge in [0.05, 0.1) is 0 Å². The normalized spacial score (nSPS) is 11.3. The Morgan fingerprint density at radius 2 is 1.76 bits per heavy atom. The van der Waals surface area contributed by atoms with Crippen LogP contribution in [0.25, 0.3) is 0 Å². The number of hydrogen-bond acceptors (Lipinski definition) is 2. The lowest BCUT2D eigenvalue weighted by Crippen LogP contribution is -2.29. The standard InChI is InChI=1S/C14H22N2O/c1-14(2,3)9-10-16(4)13(17)11-5-7-12(15)8-6-11/h5-8H,9-10,15H2,1-4H3. The molecule has 0 atom stereocenters. The first-order valence-electron chi connectivity index (χ1n) is 5.90. The molecule has 0 aliphatic carbocycles. The summed E-state index contributed by atoms with van der Waals surface area (Å²) in [4.78, 5) is 13.8. The summed E-state index contributed by atoms with van der Waals surface area (Å²) >= 11 is 0. The van der Waals surface area contributed by atoms with E-state index in [4.69, 9.17) is 5.73 Å². The van der Waals surface area contributed by atoms with Gasteiger partial charge in [-0.2, -0.15) is 0 Å². The molecule has 0 heterocycles. The number of rotatable bonds is 3. The van der Waals surface area contributed by atoms with Crippen molar-refractivity contribution in [1.82, 2.24) is 4.90 Å². The third-order valence-electron chi connectivity index (χ3n) is 2.70. The van der Waals surface area contributed by atoms with Crippen molar-refractivity contribution in [2.24, 2.45) is 5.41 Å². The highest BCUT2D eigenvalue weighted by atomic mass is 16.2. The van der Waals surface area contributed by atoms with Gasteiger partial charge < -0.3 is 10.6 Å². The maximum atomic E-state index is 12.1. The van der Waals surface area contributed by atoms with Crippen LogP contribution in [0.1, 0.15) is 37.6 Å². The van der Waals surface area contributed by atoms with E-state index in [0.29, 0.717) is 11.3 Å². The molecule has 0 fully saturated rings. The second-order valence-corrected chi connectivity index (χ2v) is 5.66. The Balaban J connectivity index is 2.61. The Morgan fingerprint density at radius 1 is 1.24 bits per heavy atom. The summed E-state index contributed by atoms with van der Waals surface area (Å²) in [5, 5.41) is 0. The molecule has 3 nitrogen and oxygen atoms in total. The molecule has 0 bridgehead atoms. The monoisotopic (exact) mass is 234 g/mol. The van der Waals surface area contributed by atoms with Gasteiger partial charge in [0, 0.05) is 24.8 Å². The third-order valence-corrected chi connectivity index (χ3v) is 2.70. The summed E-state index contributed by atoms with van der Waals surface area (Å²) in [5.41, 5.74) is 7.21. The van der Waals surface area contributed by atoms with Crippen molar-refractivity contribution in [3.05, 3.63) is 29.8 Å². The Bertz CT molecular complexity index is 376. The highest BCUT2D eigenvalue weighted by molar-refractivity contribution is 5.94. The molecule has 1 aromatic rings. The SMILES string of the molecule is CN(CCC(C)(C)C)C(=O)c1ccc(N)cc1. The molecule has 0 unspecified atom stereocenters. The maximum absolute atomic E-state index is 12.1. The molecule has 0 aliphatic rings. The number of nitrogens with zero attached hydrogens (tertiary/aromatic N) is 1. The van der Waals surface area contributed by atoms with Crippen molar-refractivity contribution in [3.63, 3.8) is 0 Å². The van der Waals surface area contributed by atoms with Crippen molar-refractivity contribution in [2.75, 3.05) is 19.3 Å². The molecule has 1 rings (SSSR count). The van der Waals surface area contributed by atoms with Gasteiger partial charge in [-0.25, -0.2) is 0 Å². The first-order valence-corrected chi connectivity index (χ1v) is 5.90. The highest BCUT2D eigenvalue weighted by Crippen LogP contribution is 2.19. The van der Waals surface area contributed by atoms with E-state index in [1.165, 1.54) is 0 Å². The molecule has 0 aliphatic heterocycles. The van der Waals surface area contributed by atoms with Gasteiger partial charge in [-0.1, -0.05) is 20.8 Å². The van der Waals surface area contributed by atoms with Crippen LogP contribution in [0.4, 0.5) is 5.69 Å². The molecule has 3 heteroatoms. The predicted octanol–water partition coefficient (Wildman–Crippen LogP) is 2.78. The molecule has 94 valence electrons. The predicted molar refractivity (Wildman–Crippen MR) is 71.9 cm³/mol. The topological polar surface area (TPSA) is 46.3 Å². The molecule has 0 saturated carbocycles. The summed E-state index contributed by atoms with van der Waals surface area (Å²) in [6.45, 7) is 7.30. The lowest BCUT2D eigenvalue weighted by atomic mass is 9.92. The zero-order chi connectivity index (χ0) is 13.1. The van der Waals surface area contributed by atoms with Crippen LogP contribution >= 0.6 is 0 Å². The fourth-order valence-corrected chi connectivity index (χ4v) is 1.45. The van der Waals surface area contributed by atoms with Gasteiger partial charge >= 0.3 is 0 Å². The van der Waals surface area contributed by atoms with Crippen molar-refractivity contribution in [3.8, 4) is 0 Å². The number of nitrogens with two attached hydrogens (primary N) is 1. The van der Waals surface area contributed by atoms with Crippen molar-refractivity contribution in [1.29, 1.82) is 0 Å². The Morgan fingerprint density at radius 3 is 2.24 bits per heavy atom. The van der Waals surface area contributed by atoms with Crippen LogP contribution in [-0.4, -0.2) is 24.4 Å². The highest BCUT2D eigenvalue weighted by Gasteiger charge is 2.15. The van der Waals surface area contributed by atoms with Crippen LogP contribution in [-0.2, 0) is 0 Å². The molecular formula is C14H22N2O. The lowest BCUT2D eigenvalue weighted by molar-refractivity contribution is 0.0780. The third kappa shape index (κ3) is 4.47. The van der Waals surface area contributed by atoms with Gasteiger partial charge in [0.25, 0.3) is 5.91 Å². The van der Waals surface area contributed by atoms with E-state index in [1.54, 1.807) is 29.2 Å². The molecule has 1 amide bonds.